The molecule has 0 saturated heterocycles. The van der Waals surface area contributed by atoms with Gasteiger partial charge < -0.3 is 11.1 Å². The zero-order chi connectivity index (χ0) is 16.3. The largest absolute Gasteiger partial charge is 0.352 e. The summed E-state index contributed by atoms with van der Waals surface area (Å²) in [4.78, 5) is 22.1. The lowest BCUT2D eigenvalue weighted by Crippen LogP contribution is -2.42. The molecule has 6 heteroatoms. The lowest BCUT2D eigenvalue weighted by molar-refractivity contribution is 0.0953. The lowest BCUT2D eigenvalue weighted by Gasteiger charge is -2.40. The van der Waals surface area contributed by atoms with E-state index in [-0.39, 0.29) is 11.3 Å². The molecule has 23 heavy (non-hydrogen) atoms. The maximum Gasteiger partial charge on any atom is 0.252 e. The van der Waals surface area contributed by atoms with Crippen LogP contribution in [0.4, 0.5) is 0 Å². The van der Waals surface area contributed by atoms with Crippen LogP contribution in [0.2, 0.25) is 0 Å². The molecule has 3 rings (SSSR count). The Labute approximate surface area is 140 Å². The first-order chi connectivity index (χ1) is 11.1. The molecule has 1 amide bonds. The molecule has 0 atom stereocenters. The van der Waals surface area contributed by atoms with Crippen molar-refractivity contribution in [1.82, 2.24) is 15.3 Å². The third-order valence-corrected chi connectivity index (χ3v) is 5.54. The molecule has 0 aromatic carbocycles. The average Bonchev–Trinajstić information content (AvgIpc) is 2.93. The number of amides is 1. The van der Waals surface area contributed by atoms with Crippen molar-refractivity contribution in [3.05, 3.63) is 45.7 Å². The van der Waals surface area contributed by atoms with Crippen LogP contribution in [0.25, 0.3) is 0 Å². The van der Waals surface area contributed by atoms with Crippen LogP contribution < -0.4 is 11.1 Å². The van der Waals surface area contributed by atoms with Crippen LogP contribution >= 0.6 is 11.3 Å². The fourth-order valence-electron chi connectivity index (χ4n) is 2.91. The molecule has 2 heterocycles. The Morgan fingerprint density at radius 1 is 1.35 bits per heavy atom. The quantitative estimate of drug-likeness (QED) is 0.851. The summed E-state index contributed by atoms with van der Waals surface area (Å²) in [7, 11) is 0. The third kappa shape index (κ3) is 3.43. The highest BCUT2D eigenvalue weighted by Gasteiger charge is 2.38. The fourth-order valence-corrected chi connectivity index (χ4v) is 3.70. The van der Waals surface area contributed by atoms with Gasteiger partial charge in [-0.25, -0.2) is 4.98 Å². The Balaban J connectivity index is 1.55. The summed E-state index contributed by atoms with van der Waals surface area (Å²) >= 11 is 1.66. The van der Waals surface area contributed by atoms with Gasteiger partial charge >= 0.3 is 0 Å². The van der Waals surface area contributed by atoms with Gasteiger partial charge in [-0.05, 0) is 31.9 Å². The van der Waals surface area contributed by atoms with E-state index in [1.165, 1.54) is 11.3 Å². The molecule has 2 aromatic heterocycles. The van der Waals surface area contributed by atoms with Crippen LogP contribution in [-0.2, 0) is 11.8 Å². The van der Waals surface area contributed by atoms with E-state index in [1.54, 1.807) is 17.5 Å². The van der Waals surface area contributed by atoms with Crippen molar-refractivity contribution in [2.75, 3.05) is 13.1 Å². The molecular formula is C17H22N4OS. The summed E-state index contributed by atoms with van der Waals surface area (Å²) in [6.07, 6.45) is 7.67. The van der Waals surface area contributed by atoms with Gasteiger partial charge in [-0.15, -0.1) is 11.3 Å². The maximum atomic E-state index is 12.2. The van der Waals surface area contributed by atoms with Crippen molar-refractivity contribution < 1.29 is 4.79 Å². The molecule has 0 radical (unpaired) electrons. The van der Waals surface area contributed by atoms with Gasteiger partial charge in [-0.2, -0.15) is 0 Å². The third-order valence-electron chi connectivity index (χ3n) is 4.56. The maximum absolute atomic E-state index is 12.2. The van der Waals surface area contributed by atoms with E-state index in [2.05, 4.69) is 15.3 Å². The van der Waals surface area contributed by atoms with E-state index in [1.807, 2.05) is 25.3 Å². The molecule has 0 aliphatic heterocycles. The average molecular weight is 330 g/mol. The minimum absolute atomic E-state index is 0.0394. The number of carbonyl (C=O) groups excluding carboxylic acids is 1. The van der Waals surface area contributed by atoms with Gasteiger partial charge in [0.2, 0.25) is 0 Å². The molecule has 5 nitrogen and oxygen atoms in total. The van der Waals surface area contributed by atoms with Crippen LogP contribution in [0.15, 0.2) is 24.5 Å². The summed E-state index contributed by atoms with van der Waals surface area (Å²) < 4.78 is 0. The molecule has 1 fully saturated rings. The van der Waals surface area contributed by atoms with E-state index in [0.29, 0.717) is 18.7 Å². The van der Waals surface area contributed by atoms with Crippen LogP contribution in [0, 0.1) is 6.92 Å². The van der Waals surface area contributed by atoms with Gasteiger partial charge in [0.15, 0.2) is 0 Å². The monoisotopic (exact) mass is 330 g/mol. The van der Waals surface area contributed by atoms with E-state index in [0.717, 1.165) is 30.0 Å². The van der Waals surface area contributed by atoms with Gasteiger partial charge in [0, 0.05) is 47.9 Å². The molecular weight excluding hydrogens is 308 g/mol. The number of rotatable bonds is 6. The smallest absolute Gasteiger partial charge is 0.252 e. The van der Waals surface area contributed by atoms with Crippen molar-refractivity contribution in [2.45, 2.75) is 38.0 Å². The fraction of sp³-hybridized carbons (Fsp3) is 0.471. The first-order valence-electron chi connectivity index (χ1n) is 7.99. The standard InChI is InChI=1S/C17H22N4OS/c1-12-9-21-15(23-12)5-8-19-16(22)13-3-4-14(20-10-13)17(11-18)6-2-7-17/h3-4,9-10H,2,5-8,11,18H2,1H3,(H,19,22). The molecule has 0 spiro atoms. The predicted octanol–water partition coefficient (Wildman–Crippen LogP) is 2.20. The summed E-state index contributed by atoms with van der Waals surface area (Å²) in [6.45, 7) is 3.24. The highest BCUT2D eigenvalue weighted by molar-refractivity contribution is 7.11. The number of hydrogen-bond donors (Lipinski definition) is 2. The lowest BCUT2D eigenvalue weighted by atomic mass is 9.66. The number of aromatic nitrogens is 2. The zero-order valence-corrected chi connectivity index (χ0v) is 14.2. The van der Waals surface area contributed by atoms with Crippen molar-refractivity contribution >= 4 is 17.2 Å². The molecule has 122 valence electrons. The molecule has 0 unspecified atom stereocenters. The van der Waals surface area contributed by atoms with Crippen molar-refractivity contribution in [2.24, 2.45) is 5.73 Å². The van der Waals surface area contributed by atoms with Gasteiger partial charge in [-0.1, -0.05) is 6.42 Å². The minimum atomic E-state index is -0.0901. The Morgan fingerprint density at radius 2 is 2.17 bits per heavy atom. The second kappa shape index (κ2) is 6.76. The minimum Gasteiger partial charge on any atom is -0.352 e. The Bertz CT molecular complexity index is 671. The number of nitrogens with one attached hydrogen (secondary N) is 1. The first kappa shape index (κ1) is 16.1. The van der Waals surface area contributed by atoms with Crippen LogP contribution in [-0.4, -0.2) is 29.0 Å². The second-order valence-electron chi connectivity index (χ2n) is 6.14. The number of pyridine rings is 1. The summed E-state index contributed by atoms with van der Waals surface area (Å²) in [5.74, 6) is -0.0901. The summed E-state index contributed by atoms with van der Waals surface area (Å²) in [5.41, 5.74) is 7.54. The topological polar surface area (TPSA) is 80.9 Å². The number of nitrogens with two attached hydrogens (primary N) is 1. The Morgan fingerprint density at radius 3 is 2.70 bits per heavy atom. The summed E-state index contributed by atoms with van der Waals surface area (Å²) in [5, 5.41) is 3.97. The number of aryl methyl sites for hydroxylation is 1. The number of carbonyl (C=O) groups is 1. The highest BCUT2D eigenvalue weighted by Crippen LogP contribution is 2.41. The number of hydrogen-bond acceptors (Lipinski definition) is 5. The normalized spacial score (nSPS) is 15.9. The Kier molecular flexibility index (Phi) is 4.73. The second-order valence-corrected chi connectivity index (χ2v) is 7.46. The van der Waals surface area contributed by atoms with Gasteiger partial charge in [0.1, 0.15) is 0 Å². The van der Waals surface area contributed by atoms with Crippen LogP contribution in [0.3, 0.4) is 0 Å². The molecule has 0 bridgehead atoms. The van der Waals surface area contributed by atoms with E-state index in [9.17, 15) is 4.79 Å². The number of nitrogens with zero attached hydrogens (tertiary/aromatic N) is 2. The van der Waals surface area contributed by atoms with E-state index in [4.69, 9.17) is 5.73 Å². The predicted molar refractivity (Wildman–Crippen MR) is 91.7 cm³/mol. The van der Waals surface area contributed by atoms with Crippen molar-refractivity contribution in [3.63, 3.8) is 0 Å². The molecule has 1 aliphatic rings. The SMILES string of the molecule is Cc1cnc(CCNC(=O)c2ccc(C3(CN)CCC3)nc2)s1. The molecule has 1 aliphatic carbocycles. The first-order valence-corrected chi connectivity index (χ1v) is 8.81. The zero-order valence-electron chi connectivity index (χ0n) is 13.3. The number of thiazole rings is 1. The van der Waals surface area contributed by atoms with E-state index >= 15 is 0 Å². The Hall–Kier alpha value is -1.79. The molecule has 2 aromatic rings. The van der Waals surface area contributed by atoms with Crippen LogP contribution in [0.1, 0.15) is 45.2 Å². The van der Waals surface area contributed by atoms with Gasteiger partial charge in [-0.3, -0.25) is 9.78 Å². The van der Waals surface area contributed by atoms with Crippen LogP contribution in [0.5, 0.6) is 0 Å². The highest BCUT2D eigenvalue weighted by atomic mass is 32.1. The van der Waals surface area contributed by atoms with Crippen molar-refractivity contribution in [3.8, 4) is 0 Å². The van der Waals surface area contributed by atoms with Crippen molar-refractivity contribution in [1.29, 1.82) is 0 Å². The molecule has 1 saturated carbocycles. The van der Waals surface area contributed by atoms with Gasteiger partial charge in [0.25, 0.3) is 5.91 Å². The van der Waals surface area contributed by atoms with Gasteiger partial charge in [0.05, 0.1) is 10.6 Å². The summed E-state index contributed by atoms with van der Waals surface area (Å²) in [6, 6.07) is 3.80. The van der Waals surface area contributed by atoms with E-state index < -0.39 is 0 Å². The molecule has 3 N–H and O–H groups in total.